The van der Waals surface area contributed by atoms with Crippen molar-refractivity contribution in [2.45, 2.75) is 12.8 Å². The minimum Gasteiger partial charge on any atom is -0.493 e. The Bertz CT molecular complexity index is 360. The predicted octanol–water partition coefficient (Wildman–Crippen LogP) is 1.89. The fraction of sp³-hybridized carbons (Fsp3) is 0.364. The summed E-state index contributed by atoms with van der Waals surface area (Å²) in [6, 6.07) is 5.10. The molecular weight excluding hydrogens is 196 g/mol. The molecule has 0 spiro atoms. The van der Waals surface area contributed by atoms with Crippen LogP contribution in [0.4, 0.5) is 0 Å². The zero-order chi connectivity index (χ0) is 11.4. The van der Waals surface area contributed by atoms with Crippen molar-refractivity contribution in [2.24, 2.45) is 0 Å². The molecule has 0 bridgehead atoms. The maximum Gasteiger partial charge on any atom is 0.310 e. The minimum atomic E-state index is -0.859. The van der Waals surface area contributed by atoms with Gasteiger partial charge in [0, 0.05) is 0 Å². The summed E-state index contributed by atoms with van der Waals surface area (Å²) in [6.07, 6.45) is 0. The number of hydrogen-bond donors (Lipinski definition) is 1. The molecule has 1 aromatic rings. The van der Waals surface area contributed by atoms with Crippen LogP contribution < -0.4 is 9.47 Å². The molecule has 0 saturated carbocycles. The van der Waals surface area contributed by atoms with Crippen LogP contribution in [0.1, 0.15) is 18.4 Å². The lowest BCUT2D eigenvalue weighted by atomic mass is 10.0. The van der Waals surface area contributed by atoms with Crippen molar-refractivity contribution in [3.8, 4) is 11.5 Å². The number of benzene rings is 1. The minimum absolute atomic E-state index is 0.545. The van der Waals surface area contributed by atoms with Gasteiger partial charge in [0.25, 0.3) is 0 Å². The number of ether oxygens (including phenoxy) is 2. The van der Waals surface area contributed by atoms with Gasteiger partial charge in [0.2, 0.25) is 0 Å². The van der Waals surface area contributed by atoms with E-state index in [0.717, 1.165) is 0 Å². The Kier molecular flexibility index (Phi) is 3.55. The van der Waals surface area contributed by atoms with E-state index in [2.05, 4.69) is 0 Å². The number of aliphatic carboxylic acids is 1. The molecule has 0 aliphatic rings. The van der Waals surface area contributed by atoms with Crippen molar-refractivity contribution in [3.05, 3.63) is 23.8 Å². The van der Waals surface area contributed by atoms with Gasteiger partial charge in [0.1, 0.15) is 0 Å². The maximum atomic E-state index is 10.8. The Morgan fingerprint density at radius 2 is 1.87 bits per heavy atom. The average molecular weight is 210 g/mol. The lowest BCUT2D eigenvalue weighted by Gasteiger charge is -2.11. The van der Waals surface area contributed by atoms with Crippen molar-refractivity contribution in [1.29, 1.82) is 0 Å². The third-order valence-corrected chi connectivity index (χ3v) is 2.28. The first kappa shape index (κ1) is 11.4. The van der Waals surface area contributed by atoms with E-state index < -0.39 is 11.9 Å². The summed E-state index contributed by atoms with van der Waals surface area (Å²) >= 11 is 0. The lowest BCUT2D eigenvalue weighted by Crippen LogP contribution is -2.07. The van der Waals surface area contributed by atoms with Gasteiger partial charge in [-0.2, -0.15) is 0 Å². The van der Waals surface area contributed by atoms with Crippen LogP contribution in [0.15, 0.2) is 18.2 Å². The van der Waals surface area contributed by atoms with Gasteiger partial charge in [-0.05, 0) is 24.6 Å². The topological polar surface area (TPSA) is 55.8 Å². The van der Waals surface area contributed by atoms with E-state index in [1.807, 2.05) is 0 Å². The van der Waals surface area contributed by atoms with Crippen LogP contribution in [0.25, 0.3) is 0 Å². The van der Waals surface area contributed by atoms with Gasteiger partial charge in [-0.3, -0.25) is 4.79 Å². The van der Waals surface area contributed by atoms with E-state index in [0.29, 0.717) is 17.1 Å². The van der Waals surface area contributed by atoms with Gasteiger partial charge in [-0.25, -0.2) is 0 Å². The van der Waals surface area contributed by atoms with E-state index in [9.17, 15) is 4.79 Å². The molecule has 0 amide bonds. The molecule has 0 aliphatic heterocycles. The van der Waals surface area contributed by atoms with Crippen LogP contribution >= 0.6 is 0 Å². The number of methoxy groups -OCH3 is 2. The zero-order valence-electron chi connectivity index (χ0n) is 8.98. The molecule has 15 heavy (non-hydrogen) atoms. The second-order valence-corrected chi connectivity index (χ2v) is 3.17. The van der Waals surface area contributed by atoms with Crippen molar-refractivity contribution in [1.82, 2.24) is 0 Å². The summed E-state index contributed by atoms with van der Waals surface area (Å²) in [7, 11) is 3.06. The zero-order valence-corrected chi connectivity index (χ0v) is 8.98. The van der Waals surface area contributed by atoms with Crippen molar-refractivity contribution in [3.63, 3.8) is 0 Å². The van der Waals surface area contributed by atoms with Crippen molar-refractivity contribution in [2.75, 3.05) is 14.2 Å². The van der Waals surface area contributed by atoms with Crippen LogP contribution in [0.2, 0.25) is 0 Å². The maximum absolute atomic E-state index is 10.8. The number of carboxylic acids is 1. The van der Waals surface area contributed by atoms with E-state index in [1.165, 1.54) is 14.2 Å². The van der Waals surface area contributed by atoms with Gasteiger partial charge >= 0.3 is 5.97 Å². The standard InChI is InChI=1S/C11H14O4/c1-7(11(12)13)8-4-5-9(14-2)10(6-8)15-3/h4-7H,1-3H3,(H,12,13)/t7-/m0/s1. The molecular formula is C11H14O4. The van der Waals surface area contributed by atoms with Crippen LogP contribution in [0, 0.1) is 0 Å². The first-order valence-corrected chi connectivity index (χ1v) is 4.55. The molecule has 1 aromatic carbocycles. The fourth-order valence-corrected chi connectivity index (χ4v) is 1.26. The second-order valence-electron chi connectivity index (χ2n) is 3.17. The summed E-state index contributed by atoms with van der Waals surface area (Å²) in [5.41, 5.74) is 0.695. The molecule has 1 N–H and O–H groups in total. The van der Waals surface area contributed by atoms with E-state index >= 15 is 0 Å². The van der Waals surface area contributed by atoms with Crippen LogP contribution in [0.3, 0.4) is 0 Å². The highest BCUT2D eigenvalue weighted by Crippen LogP contribution is 2.30. The van der Waals surface area contributed by atoms with E-state index in [4.69, 9.17) is 14.6 Å². The summed E-state index contributed by atoms with van der Waals surface area (Å²) in [5, 5.41) is 8.85. The molecule has 0 aromatic heterocycles. The number of hydrogen-bond acceptors (Lipinski definition) is 3. The molecule has 4 heteroatoms. The Labute approximate surface area is 88.4 Å². The summed E-state index contributed by atoms with van der Waals surface area (Å²) in [5.74, 6) is -0.269. The predicted molar refractivity (Wildman–Crippen MR) is 55.6 cm³/mol. The Morgan fingerprint density at radius 3 is 2.33 bits per heavy atom. The Hall–Kier alpha value is -1.71. The molecule has 0 saturated heterocycles. The van der Waals surface area contributed by atoms with Gasteiger partial charge in [-0.1, -0.05) is 6.07 Å². The molecule has 0 unspecified atom stereocenters. The lowest BCUT2D eigenvalue weighted by molar-refractivity contribution is -0.138. The van der Waals surface area contributed by atoms with Crippen LogP contribution in [-0.2, 0) is 4.79 Å². The highest BCUT2D eigenvalue weighted by Gasteiger charge is 2.15. The molecule has 82 valence electrons. The third-order valence-electron chi connectivity index (χ3n) is 2.28. The second kappa shape index (κ2) is 4.68. The average Bonchev–Trinajstić information content (AvgIpc) is 2.26. The summed E-state index contributed by atoms with van der Waals surface area (Å²) in [6.45, 7) is 1.63. The SMILES string of the molecule is COc1ccc([C@H](C)C(=O)O)cc1OC. The molecule has 0 aliphatic carbocycles. The smallest absolute Gasteiger partial charge is 0.310 e. The normalized spacial score (nSPS) is 11.9. The molecule has 1 atom stereocenters. The van der Waals surface area contributed by atoms with Gasteiger partial charge in [-0.15, -0.1) is 0 Å². The van der Waals surface area contributed by atoms with Crippen LogP contribution in [0.5, 0.6) is 11.5 Å². The van der Waals surface area contributed by atoms with Gasteiger partial charge < -0.3 is 14.6 Å². The molecule has 0 heterocycles. The number of rotatable bonds is 4. The van der Waals surface area contributed by atoms with E-state index in [1.54, 1.807) is 25.1 Å². The van der Waals surface area contributed by atoms with Crippen molar-refractivity contribution >= 4 is 5.97 Å². The molecule has 1 rings (SSSR count). The van der Waals surface area contributed by atoms with Crippen molar-refractivity contribution < 1.29 is 19.4 Å². The van der Waals surface area contributed by atoms with E-state index in [-0.39, 0.29) is 0 Å². The monoisotopic (exact) mass is 210 g/mol. The quantitative estimate of drug-likeness (QED) is 0.824. The highest BCUT2D eigenvalue weighted by atomic mass is 16.5. The number of carboxylic acid groups (broad SMARTS) is 1. The first-order chi connectivity index (χ1) is 7.10. The highest BCUT2D eigenvalue weighted by molar-refractivity contribution is 5.75. The summed E-state index contributed by atoms with van der Waals surface area (Å²) < 4.78 is 10.1. The number of carbonyl (C=O) groups is 1. The fourth-order valence-electron chi connectivity index (χ4n) is 1.26. The summed E-state index contributed by atoms with van der Waals surface area (Å²) in [4.78, 5) is 10.8. The van der Waals surface area contributed by atoms with Gasteiger partial charge in [0.15, 0.2) is 11.5 Å². The molecule has 0 radical (unpaired) electrons. The first-order valence-electron chi connectivity index (χ1n) is 4.55. The Balaban J connectivity index is 3.07. The van der Waals surface area contributed by atoms with Gasteiger partial charge in [0.05, 0.1) is 20.1 Å². The Morgan fingerprint density at radius 1 is 1.27 bits per heavy atom. The van der Waals surface area contributed by atoms with Crippen LogP contribution in [-0.4, -0.2) is 25.3 Å². The largest absolute Gasteiger partial charge is 0.493 e. The molecule has 0 fully saturated rings. The third kappa shape index (κ3) is 2.40. The molecule has 4 nitrogen and oxygen atoms in total.